The number of rotatable bonds is 3. The second-order valence-electron chi connectivity index (χ2n) is 2.30. The molecule has 0 amide bonds. The summed E-state index contributed by atoms with van der Waals surface area (Å²) in [6.07, 6.45) is 0. The van der Waals surface area contributed by atoms with Gasteiger partial charge in [-0.3, -0.25) is 0 Å². The van der Waals surface area contributed by atoms with Gasteiger partial charge in [0.25, 0.3) is 0 Å². The zero-order chi connectivity index (χ0) is 9.52. The van der Waals surface area contributed by atoms with Gasteiger partial charge in [-0.05, 0) is 11.1 Å². The second kappa shape index (κ2) is 4.79. The lowest BCUT2D eigenvalue weighted by Gasteiger charge is -1.98. The standard InChI is InChI=1S/C8H8N4O/c9-12-10-6-8(11-13)7-4-2-1-3-5-7/h1-5,13H,6H2. The van der Waals surface area contributed by atoms with Gasteiger partial charge in [0.15, 0.2) is 0 Å². The Kier molecular flexibility index (Phi) is 3.35. The predicted octanol–water partition coefficient (Wildman–Crippen LogP) is 2.18. The van der Waals surface area contributed by atoms with Gasteiger partial charge < -0.3 is 5.21 Å². The Morgan fingerprint density at radius 3 is 2.62 bits per heavy atom. The molecule has 1 N–H and O–H groups in total. The SMILES string of the molecule is [N-]=[N+]=NCC(=NO)c1ccccc1. The Morgan fingerprint density at radius 1 is 1.38 bits per heavy atom. The molecule has 0 bridgehead atoms. The summed E-state index contributed by atoms with van der Waals surface area (Å²) in [5, 5.41) is 15.0. The molecule has 1 rings (SSSR count). The van der Waals surface area contributed by atoms with Crippen LogP contribution in [0, 0.1) is 0 Å². The van der Waals surface area contributed by atoms with Gasteiger partial charge in [0.1, 0.15) is 0 Å². The van der Waals surface area contributed by atoms with Crippen molar-refractivity contribution >= 4 is 5.71 Å². The predicted molar refractivity (Wildman–Crippen MR) is 48.8 cm³/mol. The molecule has 0 aliphatic carbocycles. The van der Waals surface area contributed by atoms with E-state index in [1.807, 2.05) is 18.2 Å². The summed E-state index contributed by atoms with van der Waals surface area (Å²) in [5.74, 6) is 0. The van der Waals surface area contributed by atoms with Crippen molar-refractivity contribution in [2.24, 2.45) is 10.3 Å². The maximum absolute atomic E-state index is 8.61. The van der Waals surface area contributed by atoms with Crippen LogP contribution in [0.4, 0.5) is 0 Å². The van der Waals surface area contributed by atoms with Crippen LogP contribution in [0.1, 0.15) is 5.56 Å². The van der Waals surface area contributed by atoms with Crippen molar-refractivity contribution in [3.05, 3.63) is 46.3 Å². The molecule has 5 nitrogen and oxygen atoms in total. The van der Waals surface area contributed by atoms with E-state index in [0.29, 0.717) is 5.71 Å². The van der Waals surface area contributed by atoms with E-state index in [1.54, 1.807) is 12.1 Å². The molecule has 0 saturated carbocycles. The molecule has 0 aliphatic rings. The van der Waals surface area contributed by atoms with Gasteiger partial charge in [-0.25, -0.2) is 0 Å². The zero-order valence-corrected chi connectivity index (χ0v) is 6.83. The van der Waals surface area contributed by atoms with Crippen molar-refractivity contribution in [3.8, 4) is 0 Å². The number of hydrogen-bond acceptors (Lipinski definition) is 3. The molecular formula is C8H8N4O. The van der Waals surface area contributed by atoms with E-state index in [-0.39, 0.29) is 6.54 Å². The van der Waals surface area contributed by atoms with Crippen LogP contribution >= 0.6 is 0 Å². The van der Waals surface area contributed by atoms with E-state index < -0.39 is 0 Å². The van der Waals surface area contributed by atoms with Crippen molar-refractivity contribution in [2.75, 3.05) is 6.54 Å². The van der Waals surface area contributed by atoms with Crippen LogP contribution in [0.2, 0.25) is 0 Å². The average Bonchev–Trinajstić information content (AvgIpc) is 2.21. The first-order valence-electron chi connectivity index (χ1n) is 3.65. The first kappa shape index (κ1) is 9.09. The van der Waals surface area contributed by atoms with Crippen molar-refractivity contribution in [3.63, 3.8) is 0 Å². The fraction of sp³-hybridized carbons (Fsp3) is 0.125. The van der Waals surface area contributed by atoms with Crippen LogP contribution in [0.5, 0.6) is 0 Å². The lowest BCUT2D eigenvalue weighted by Crippen LogP contribution is -2.04. The zero-order valence-electron chi connectivity index (χ0n) is 6.83. The number of nitrogens with zero attached hydrogens (tertiary/aromatic N) is 4. The lowest BCUT2D eigenvalue weighted by molar-refractivity contribution is 0.318. The monoisotopic (exact) mass is 176 g/mol. The van der Waals surface area contributed by atoms with Crippen LogP contribution in [0.25, 0.3) is 10.4 Å². The topological polar surface area (TPSA) is 81.4 Å². The van der Waals surface area contributed by atoms with E-state index in [4.69, 9.17) is 10.7 Å². The van der Waals surface area contributed by atoms with Crippen LogP contribution in [0.3, 0.4) is 0 Å². The van der Waals surface area contributed by atoms with Gasteiger partial charge in [-0.2, -0.15) is 0 Å². The highest BCUT2D eigenvalue weighted by atomic mass is 16.4. The van der Waals surface area contributed by atoms with Crippen LogP contribution in [-0.2, 0) is 0 Å². The molecule has 66 valence electrons. The van der Waals surface area contributed by atoms with E-state index in [0.717, 1.165) is 5.56 Å². The Hall–Kier alpha value is -2.00. The van der Waals surface area contributed by atoms with Crippen molar-refractivity contribution in [1.29, 1.82) is 0 Å². The summed E-state index contributed by atoms with van der Waals surface area (Å²) in [5.41, 5.74) is 9.19. The molecule has 0 atom stereocenters. The summed E-state index contributed by atoms with van der Waals surface area (Å²) in [4.78, 5) is 2.58. The van der Waals surface area contributed by atoms with E-state index in [9.17, 15) is 0 Å². The highest BCUT2D eigenvalue weighted by Crippen LogP contribution is 2.01. The molecule has 0 radical (unpaired) electrons. The summed E-state index contributed by atoms with van der Waals surface area (Å²) in [6.45, 7) is 0.0526. The number of oxime groups is 1. The third kappa shape index (κ3) is 2.50. The third-order valence-electron chi connectivity index (χ3n) is 1.51. The van der Waals surface area contributed by atoms with E-state index >= 15 is 0 Å². The first-order valence-corrected chi connectivity index (χ1v) is 3.65. The Bertz CT molecular complexity index is 340. The van der Waals surface area contributed by atoms with Crippen molar-refractivity contribution < 1.29 is 5.21 Å². The van der Waals surface area contributed by atoms with Crippen molar-refractivity contribution in [2.45, 2.75) is 0 Å². The average molecular weight is 176 g/mol. The molecule has 0 spiro atoms. The highest BCUT2D eigenvalue weighted by molar-refractivity contribution is 6.01. The smallest absolute Gasteiger partial charge is 0.0925 e. The second-order valence-corrected chi connectivity index (χ2v) is 2.30. The van der Waals surface area contributed by atoms with Crippen LogP contribution in [-0.4, -0.2) is 17.5 Å². The first-order chi connectivity index (χ1) is 6.38. The Morgan fingerprint density at radius 2 is 2.08 bits per heavy atom. The maximum Gasteiger partial charge on any atom is 0.0925 e. The Balaban J connectivity index is 2.86. The van der Waals surface area contributed by atoms with Crippen LogP contribution in [0.15, 0.2) is 40.6 Å². The molecule has 5 heteroatoms. The molecule has 13 heavy (non-hydrogen) atoms. The maximum atomic E-state index is 8.61. The Labute approximate surface area is 74.9 Å². The summed E-state index contributed by atoms with van der Waals surface area (Å²) in [7, 11) is 0. The normalized spacial score (nSPS) is 10.6. The van der Waals surface area contributed by atoms with Crippen molar-refractivity contribution in [1.82, 2.24) is 0 Å². The number of hydrogen-bond donors (Lipinski definition) is 1. The fourth-order valence-corrected chi connectivity index (χ4v) is 0.910. The molecule has 1 aromatic rings. The molecular weight excluding hydrogens is 168 g/mol. The van der Waals surface area contributed by atoms with Gasteiger partial charge in [0, 0.05) is 4.91 Å². The largest absolute Gasteiger partial charge is 0.411 e. The minimum atomic E-state index is 0.0526. The molecule has 0 aliphatic heterocycles. The van der Waals surface area contributed by atoms with E-state index in [2.05, 4.69) is 15.2 Å². The highest BCUT2D eigenvalue weighted by Gasteiger charge is 2.00. The minimum Gasteiger partial charge on any atom is -0.411 e. The molecule has 0 fully saturated rings. The summed E-state index contributed by atoms with van der Waals surface area (Å²) in [6, 6.07) is 9.04. The molecule has 0 aromatic heterocycles. The fourth-order valence-electron chi connectivity index (χ4n) is 0.910. The van der Waals surface area contributed by atoms with Gasteiger partial charge >= 0.3 is 0 Å². The van der Waals surface area contributed by atoms with Gasteiger partial charge in [-0.1, -0.05) is 40.6 Å². The minimum absolute atomic E-state index is 0.0526. The van der Waals surface area contributed by atoms with Gasteiger partial charge in [0.2, 0.25) is 0 Å². The molecule has 0 unspecified atom stereocenters. The molecule has 0 heterocycles. The third-order valence-corrected chi connectivity index (χ3v) is 1.51. The van der Waals surface area contributed by atoms with Crippen LogP contribution < -0.4 is 0 Å². The molecule has 0 saturated heterocycles. The quantitative estimate of drug-likeness (QED) is 0.188. The lowest BCUT2D eigenvalue weighted by atomic mass is 10.1. The number of azide groups is 1. The number of benzene rings is 1. The summed E-state index contributed by atoms with van der Waals surface area (Å²) < 4.78 is 0. The van der Waals surface area contributed by atoms with Gasteiger partial charge in [-0.15, -0.1) is 0 Å². The van der Waals surface area contributed by atoms with Gasteiger partial charge in [0.05, 0.1) is 12.3 Å². The molecule has 1 aromatic carbocycles. The summed E-state index contributed by atoms with van der Waals surface area (Å²) >= 11 is 0. The van der Waals surface area contributed by atoms with E-state index in [1.165, 1.54) is 0 Å².